The van der Waals surface area contributed by atoms with Crippen LogP contribution in [0.1, 0.15) is 29.7 Å². The number of hydrogen-bond acceptors (Lipinski definition) is 3. The van der Waals surface area contributed by atoms with E-state index in [4.69, 9.17) is 5.73 Å². The zero-order chi connectivity index (χ0) is 18.9. The number of benzene rings is 1. The average Bonchev–Trinajstić information content (AvgIpc) is 2.44. The number of nitrogens with two attached hydrogens (primary N) is 1. The number of ether oxygens (including phenoxy) is 1. The molecule has 136 valence electrons. The standard InChI is InChI=1S/C13H11F8NO2/c1-2-24-10(23)11(14,15)9(22)7-4-3-6(12(16,17)18)5-8(7)13(19,20)21/h3-5,9H,2,22H2,1H3/t9-/m1/s1. The molecular weight excluding hydrogens is 354 g/mol. The van der Waals surface area contributed by atoms with Crippen LogP contribution in [-0.4, -0.2) is 18.5 Å². The highest BCUT2D eigenvalue weighted by molar-refractivity contribution is 5.79. The number of carbonyl (C=O) groups is 1. The lowest BCUT2D eigenvalue weighted by atomic mass is 9.94. The van der Waals surface area contributed by atoms with Gasteiger partial charge in [-0.15, -0.1) is 0 Å². The number of carbonyl (C=O) groups excluding carboxylic acids is 1. The van der Waals surface area contributed by atoms with Crippen molar-refractivity contribution in [3.05, 3.63) is 34.9 Å². The van der Waals surface area contributed by atoms with Crippen LogP contribution in [-0.2, 0) is 21.9 Å². The first-order valence-electron chi connectivity index (χ1n) is 6.31. The van der Waals surface area contributed by atoms with Crippen molar-refractivity contribution in [2.24, 2.45) is 5.73 Å². The van der Waals surface area contributed by atoms with Crippen LogP contribution < -0.4 is 5.73 Å². The van der Waals surface area contributed by atoms with Gasteiger partial charge in [-0.05, 0) is 24.6 Å². The van der Waals surface area contributed by atoms with E-state index in [-0.39, 0.29) is 18.2 Å². The van der Waals surface area contributed by atoms with Gasteiger partial charge in [-0.25, -0.2) is 4.79 Å². The minimum absolute atomic E-state index is 0.170. The second-order valence-electron chi connectivity index (χ2n) is 4.62. The van der Waals surface area contributed by atoms with E-state index in [9.17, 15) is 39.9 Å². The van der Waals surface area contributed by atoms with Crippen molar-refractivity contribution in [2.45, 2.75) is 31.2 Å². The van der Waals surface area contributed by atoms with E-state index in [0.29, 0.717) is 0 Å². The summed E-state index contributed by atoms with van der Waals surface area (Å²) in [6.45, 7) is 0.694. The maximum atomic E-state index is 13.8. The number of alkyl halides is 8. The molecule has 1 rings (SSSR count). The molecule has 0 radical (unpaired) electrons. The number of hydrogen-bond donors (Lipinski definition) is 1. The molecule has 24 heavy (non-hydrogen) atoms. The summed E-state index contributed by atoms with van der Waals surface area (Å²) in [4.78, 5) is 11.2. The van der Waals surface area contributed by atoms with Crippen LogP contribution in [0.15, 0.2) is 18.2 Å². The molecule has 1 atom stereocenters. The highest BCUT2D eigenvalue weighted by Gasteiger charge is 2.50. The summed E-state index contributed by atoms with van der Waals surface area (Å²) in [5, 5.41) is 0. The summed E-state index contributed by atoms with van der Waals surface area (Å²) in [5.41, 5.74) is -0.0200. The van der Waals surface area contributed by atoms with Crippen LogP contribution in [0.3, 0.4) is 0 Å². The molecule has 0 aliphatic carbocycles. The highest BCUT2D eigenvalue weighted by atomic mass is 19.4. The molecule has 1 aromatic rings. The third-order valence-electron chi connectivity index (χ3n) is 2.96. The molecule has 0 aliphatic heterocycles. The van der Waals surface area contributed by atoms with Crippen LogP contribution in [0, 0.1) is 0 Å². The van der Waals surface area contributed by atoms with E-state index >= 15 is 0 Å². The van der Waals surface area contributed by atoms with Crippen LogP contribution in [0.4, 0.5) is 35.1 Å². The zero-order valence-corrected chi connectivity index (χ0v) is 11.9. The third-order valence-corrected chi connectivity index (χ3v) is 2.96. The first-order chi connectivity index (χ1) is 10.7. The molecule has 0 saturated heterocycles. The summed E-state index contributed by atoms with van der Waals surface area (Å²) in [6, 6.07) is -2.83. The second-order valence-corrected chi connectivity index (χ2v) is 4.62. The predicted octanol–water partition coefficient (Wildman–Crippen LogP) is 3.92. The Labute approximate surface area is 130 Å². The minimum Gasteiger partial charge on any atom is -0.462 e. The maximum absolute atomic E-state index is 13.8. The van der Waals surface area contributed by atoms with Crippen LogP contribution >= 0.6 is 0 Å². The van der Waals surface area contributed by atoms with E-state index in [2.05, 4.69) is 4.74 Å². The Morgan fingerprint density at radius 3 is 2.04 bits per heavy atom. The second kappa shape index (κ2) is 6.54. The molecular formula is C13H11F8NO2. The molecule has 0 saturated carbocycles. The molecule has 11 heteroatoms. The molecule has 0 unspecified atom stereocenters. The first kappa shape index (κ1) is 20.1. The molecule has 3 nitrogen and oxygen atoms in total. The molecule has 0 heterocycles. The van der Waals surface area contributed by atoms with Crippen molar-refractivity contribution < 1.29 is 44.7 Å². The number of halogens is 8. The SMILES string of the molecule is CCOC(=O)C(F)(F)[C@H](N)c1ccc(C(F)(F)F)cc1C(F)(F)F. The fourth-order valence-electron chi connectivity index (χ4n) is 1.80. The normalized spacial score (nSPS) is 14.4. The van der Waals surface area contributed by atoms with Crippen molar-refractivity contribution in [1.82, 2.24) is 0 Å². The fraction of sp³-hybridized carbons (Fsp3) is 0.462. The molecule has 2 N–H and O–H groups in total. The smallest absolute Gasteiger partial charge is 0.416 e. The summed E-state index contributed by atoms with van der Waals surface area (Å²) in [6.07, 6.45) is -10.5. The van der Waals surface area contributed by atoms with Crippen molar-refractivity contribution >= 4 is 5.97 Å². The Kier molecular flexibility index (Phi) is 5.48. The Morgan fingerprint density at radius 1 is 1.08 bits per heavy atom. The third kappa shape index (κ3) is 4.13. The number of esters is 1. The van der Waals surface area contributed by atoms with Crippen molar-refractivity contribution in [3.8, 4) is 0 Å². The van der Waals surface area contributed by atoms with Crippen LogP contribution in [0.5, 0.6) is 0 Å². The van der Waals surface area contributed by atoms with E-state index in [1.165, 1.54) is 6.92 Å². The van der Waals surface area contributed by atoms with Gasteiger partial charge in [0.2, 0.25) is 0 Å². The van der Waals surface area contributed by atoms with Gasteiger partial charge in [-0.1, -0.05) is 6.07 Å². The summed E-state index contributed by atoms with van der Waals surface area (Å²) in [5.74, 6) is -6.74. The van der Waals surface area contributed by atoms with Gasteiger partial charge in [0.1, 0.15) is 6.04 Å². The lowest BCUT2D eigenvalue weighted by molar-refractivity contribution is -0.175. The van der Waals surface area contributed by atoms with Crippen LogP contribution in [0.25, 0.3) is 0 Å². The molecule has 0 spiro atoms. The topological polar surface area (TPSA) is 52.3 Å². The van der Waals surface area contributed by atoms with Gasteiger partial charge in [0.05, 0.1) is 17.7 Å². The molecule has 0 amide bonds. The van der Waals surface area contributed by atoms with Gasteiger partial charge < -0.3 is 10.5 Å². The summed E-state index contributed by atoms with van der Waals surface area (Å²) in [7, 11) is 0. The molecule has 0 aromatic heterocycles. The molecule has 1 aromatic carbocycles. The minimum atomic E-state index is -5.39. The van der Waals surface area contributed by atoms with Crippen molar-refractivity contribution in [2.75, 3.05) is 6.61 Å². The van der Waals surface area contributed by atoms with Gasteiger partial charge in [-0.2, -0.15) is 35.1 Å². The van der Waals surface area contributed by atoms with Gasteiger partial charge in [0.15, 0.2) is 0 Å². The quantitative estimate of drug-likeness (QED) is 0.650. The Bertz CT molecular complexity index is 609. The first-order valence-corrected chi connectivity index (χ1v) is 6.31. The van der Waals surface area contributed by atoms with Crippen LogP contribution in [0.2, 0.25) is 0 Å². The van der Waals surface area contributed by atoms with E-state index in [1.54, 1.807) is 0 Å². The molecule has 0 bridgehead atoms. The zero-order valence-electron chi connectivity index (χ0n) is 11.9. The van der Waals surface area contributed by atoms with E-state index in [0.717, 1.165) is 0 Å². The highest BCUT2D eigenvalue weighted by Crippen LogP contribution is 2.42. The Balaban J connectivity index is 3.45. The van der Waals surface area contributed by atoms with Gasteiger partial charge in [0, 0.05) is 0 Å². The maximum Gasteiger partial charge on any atom is 0.416 e. The Morgan fingerprint density at radius 2 is 1.62 bits per heavy atom. The number of rotatable bonds is 4. The monoisotopic (exact) mass is 365 g/mol. The average molecular weight is 365 g/mol. The summed E-state index contributed by atoms with van der Waals surface area (Å²) >= 11 is 0. The fourth-order valence-corrected chi connectivity index (χ4v) is 1.80. The lowest BCUT2D eigenvalue weighted by Gasteiger charge is -2.25. The Hall–Kier alpha value is -1.91. The lowest BCUT2D eigenvalue weighted by Crippen LogP contribution is -2.42. The van der Waals surface area contributed by atoms with E-state index in [1.807, 2.05) is 0 Å². The molecule has 0 aliphatic rings. The van der Waals surface area contributed by atoms with E-state index < -0.39 is 53.6 Å². The van der Waals surface area contributed by atoms with Gasteiger partial charge in [-0.3, -0.25) is 0 Å². The molecule has 0 fully saturated rings. The van der Waals surface area contributed by atoms with Gasteiger partial charge >= 0.3 is 24.2 Å². The largest absolute Gasteiger partial charge is 0.462 e. The van der Waals surface area contributed by atoms with Gasteiger partial charge in [0.25, 0.3) is 0 Å². The summed E-state index contributed by atoms with van der Waals surface area (Å²) < 4.78 is 108. The predicted molar refractivity (Wildman–Crippen MR) is 65.0 cm³/mol. The van der Waals surface area contributed by atoms with Crippen molar-refractivity contribution in [3.63, 3.8) is 0 Å². The van der Waals surface area contributed by atoms with Crippen molar-refractivity contribution in [1.29, 1.82) is 0 Å².